The molecule has 1 fully saturated rings. The Morgan fingerprint density at radius 1 is 1.08 bits per heavy atom. The molecule has 0 spiro atoms. The summed E-state index contributed by atoms with van der Waals surface area (Å²) in [6, 6.07) is 6.10. The number of aromatic nitrogens is 1. The van der Waals surface area contributed by atoms with E-state index >= 15 is 0 Å². The zero-order chi connectivity index (χ0) is 26.4. The summed E-state index contributed by atoms with van der Waals surface area (Å²) < 4.78 is 26.0. The Morgan fingerprint density at radius 2 is 1.84 bits per heavy atom. The van der Waals surface area contributed by atoms with Crippen LogP contribution < -0.4 is 15.4 Å². The highest BCUT2D eigenvalue weighted by atomic mass is 19.1. The molecule has 3 amide bonds. The summed E-state index contributed by atoms with van der Waals surface area (Å²) in [5.41, 5.74) is 2.24. The van der Waals surface area contributed by atoms with E-state index in [1.807, 2.05) is 13.8 Å². The van der Waals surface area contributed by atoms with Crippen molar-refractivity contribution >= 4 is 17.7 Å². The number of hydrogen-bond donors (Lipinski definition) is 2. The minimum atomic E-state index is -0.686. The van der Waals surface area contributed by atoms with Gasteiger partial charge in [-0.2, -0.15) is 0 Å². The van der Waals surface area contributed by atoms with Gasteiger partial charge in [-0.3, -0.25) is 14.4 Å². The highest BCUT2D eigenvalue weighted by molar-refractivity contribution is 5.96. The van der Waals surface area contributed by atoms with Crippen molar-refractivity contribution in [2.75, 3.05) is 39.5 Å². The first-order chi connectivity index (χ1) is 17.9. The van der Waals surface area contributed by atoms with Crippen LogP contribution >= 0.6 is 0 Å². The van der Waals surface area contributed by atoms with Crippen LogP contribution in [0, 0.1) is 5.82 Å². The van der Waals surface area contributed by atoms with Crippen molar-refractivity contribution in [1.82, 2.24) is 20.5 Å². The van der Waals surface area contributed by atoms with Crippen LogP contribution in [0.25, 0.3) is 0 Å². The molecule has 37 heavy (non-hydrogen) atoms. The summed E-state index contributed by atoms with van der Waals surface area (Å²) in [6.45, 7) is 6.30. The second-order valence-corrected chi connectivity index (χ2v) is 9.14. The number of likely N-dealkylation sites (N-methyl/N-ethyl adjacent to an activating group) is 1. The maximum atomic E-state index is 14.9. The van der Waals surface area contributed by atoms with E-state index in [1.165, 1.54) is 12.1 Å². The fraction of sp³-hybridized carbons (Fsp3) is 0.481. The molecule has 2 N–H and O–H groups in total. The van der Waals surface area contributed by atoms with Crippen molar-refractivity contribution in [2.24, 2.45) is 0 Å². The van der Waals surface area contributed by atoms with Crippen LogP contribution in [-0.4, -0.2) is 73.1 Å². The maximum Gasteiger partial charge on any atom is 0.270 e. The van der Waals surface area contributed by atoms with E-state index in [0.29, 0.717) is 68.5 Å². The van der Waals surface area contributed by atoms with Crippen LogP contribution in [0.15, 0.2) is 24.3 Å². The molecule has 0 unspecified atom stereocenters. The summed E-state index contributed by atoms with van der Waals surface area (Å²) >= 11 is 0. The number of ether oxygens (including phenoxy) is 2. The molecular formula is C27H33FN4O5. The Hall–Kier alpha value is -3.53. The van der Waals surface area contributed by atoms with Crippen LogP contribution in [0.1, 0.15) is 64.4 Å². The number of carbonyl (C=O) groups is 3. The SMILES string of the molecule is CCN(CC)C(=O)CNC(=O)c1ccc(Cc2cc(C(=O)NC3CCOCC3)nc3c2OCC3)cc1F. The lowest BCUT2D eigenvalue weighted by Crippen LogP contribution is -2.40. The summed E-state index contributed by atoms with van der Waals surface area (Å²) in [6.07, 6.45) is 2.42. The first-order valence-electron chi connectivity index (χ1n) is 12.8. The largest absolute Gasteiger partial charge is 0.491 e. The molecule has 9 nitrogen and oxygen atoms in total. The van der Waals surface area contributed by atoms with Gasteiger partial charge in [-0.1, -0.05) is 6.07 Å². The van der Waals surface area contributed by atoms with Gasteiger partial charge in [0, 0.05) is 50.8 Å². The Labute approximate surface area is 215 Å². The summed E-state index contributed by atoms with van der Waals surface area (Å²) in [7, 11) is 0. The zero-order valence-corrected chi connectivity index (χ0v) is 21.3. The summed E-state index contributed by atoms with van der Waals surface area (Å²) in [4.78, 5) is 43.6. The second kappa shape index (κ2) is 12.1. The third-order valence-electron chi connectivity index (χ3n) is 6.68. The van der Waals surface area contributed by atoms with Crippen LogP contribution in [0.4, 0.5) is 4.39 Å². The zero-order valence-electron chi connectivity index (χ0n) is 21.3. The van der Waals surface area contributed by atoms with Gasteiger partial charge in [-0.15, -0.1) is 0 Å². The minimum absolute atomic E-state index is 0.0473. The number of fused-ring (bicyclic) bond motifs is 1. The predicted octanol–water partition coefficient (Wildman–Crippen LogP) is 2.25. The van der Waals surface area contributed by atoms with E-state index in [4.69, 9.17) is 9.47 Å². The molecule has 3 heterocycles. The van der Waals surface area contributed by atoms with Gasteiger partial charge in [0.2, 0.25) is 5.91 Å². The van der Waals surface area contributed by atoms with Crippen molar-refractivity contribution in [3.8, 4) is 5.75 Å². The number of halogens is 1. The van der Waals surface area contributed by atoms with Crippen molar-refractivity contribution in [2.45, 2.75) is 45.6 Å². The van der Waals surface area contributed by atoms with E-state index in [2.05, 4.69) is 15.6 Å². The van der Waals surface area contributed by atoms with Crippen molar-refractivity contribution in [3.05, 3.63) is 58.2 Å². The average Bonchev–Trinajstić information content (AvgIpc) is 3.38. The van der Waals surface area contributed by atoms with Gasteiger partial charge in [0.05, 0.1) is 24.4 Å². The molecule has 0 saturated carbocycles. The molecule has 1 saturated heterocycles. The highest BCUT2D eigenvalue weighted by Crippen LogP contribution is 2.31. The summed E-state index contributed by atoms with van der Waals surface area (Å²) in [5.74, 6) is -1.18. The lowest BCUT2D eigenvalue weighted by Gasteiger charge is -2.23. The van der Waals surface area contributed by atoms with Gasteiger partial charge in [-0.25, -0.2) is 9.37 Å². The van der Waals surface area contributed by atoms with Crippen LogP contribution in [-0.2, 0) is 22.4 Å². The Kier molecular flexibility index (Phi) is 8.70. The van der Waals surface area contributed by atoms with Gasteiger partial charge in [0.15, 0.2) is 0 Å². The average molecular weight is 513 g/mol. The van der Waals surface area contributed by atoms with Gasteiger partial charge >= 0.3 is 0 Å². The molecule has 0 aliphatic carbocycles. The van der Waals surface area contributed by atoms with Crippen LogP contribution in [0.3, 0.4) is 0 Å². The quantitative estimate of drug-likeness (QED) is 0.534. The molecule has 1 aromatic heterocycles. The number of nitrogens with zero attached hydrogens (tertiary/aromatic N) is 2. The fourth-order valence-electron chi connectivity index (χ4n) is 4.60. The number of pyridine rings is 1. The number of carbonyl (C=O) groups excluding carboxylic acids is 3. The molecule has 2 aliphatic heterocycles. The molecule has 1 aromatic carbocycles. The van der Waals surface area contributed by atoms with Crippen LogP contribution in [0.5, 0.6) is 5.75 Å². The lowest BCUT2D eigenvalue weighted by atomic mass is 10.0. The third kappa shape index (κ3) is 6.43. The predicted molar refractivity (Wildman–Crippen MR) is 134 cm³/mol. The standard InChI is InChI=1S/C27H33FN4O5/c1-3-32(4-2)24(33)16-29-26(34)20-6-5-17(14-21(20)28)13-18-15-23(31-22-9-12-37-25(18)22)27(35)30-19-7-10-36-11-8-19/h5-6,14-15,19H,3-4,7-13,16H2,1-2H3,(H,29,34)(H,30,35). The lowest BCUT2D eigenvalue weighted by molar-refractivity contribution is -0.129. The van der Waals surface area contributed by atoms with Crippen LogP contribution in [0.2, 0.25) is 0 Å². The van der Waals surface area contributed by atoms with Crippen molar-refractivity contribution < 1.29 is 28.2 Å². The van der Waals surface area contributed by atoms with E-state index < -0.39 is 11.7 Å². The number of amides is 3. The van der Waals surface area contributed by atoms with E-state index in [1.54, 1.807) is 17.0 Å². The molecule has 0 radical (unpaired) electrons. The molecule has 0 bridgehead atoms. The smallest absolute Gasteiger partial charge is 0.270 e. The van der Waals surface area contributed by atoms with Gasteiger partial charge in [-0.05, 0) is 50.5 Å². The first kappa shape index (κ1) is 26.5. The monoisotopic (exact) mass is 512 g/mol. The molecule has 198 valence electrons. The number of rotatable bonds is 9. The van der Waals surface area contributed by atoms with Crippen molar-refractivity contribution in [3.63, 3.8) is 0 Å². The Morgan fingerprint density at radius 3 is 2.54 bits per heavy atom. The minimum Gasteiger partial charge on any atom is -0.491 e. The van der Waals surface area contributed by atoms with E-state index in [0.717, 1.165) is 18.4 Å². The van der Waals surface area contributed by atoms with Gasteiger partial charge < -0.3 is 25.0 Å². The molecule has 2 aromatic rings. The maximum absolute atomic E-state index is 14.9. The first-order valence-corrected chi connectivity index (χ1v) is 12.8. The third-order valence-corrected chi connectivity index (χ3v) is 6.68. The summed E-state index contributed by atoms with van der Waals surface area (Å²) in [5, 5.41) is 5.52. The second-order valence-electron chi connectivity index (χ2n) is 9.14. The Bertz CT molecular complexity index is 1160. The fourth-order valence-corrected chi connectivity index (χ4v) is 4.60. The molecular weight excluding hydrogens is 479 g/mol. The topological polar surface area (TPSA) is 110 Å². The van der Waals surface area contributed by atoms with Gasteiger partial charge in [0.25, 0.3) is 11.8 Å². The molecule has 2 aliphatic rings. The van der Waals surface area contributed by atoms with Crippen molar-refractivity contribution in [1.29, 1.82) is 0 Å². The molecule has 0 atom stereocenters. The molecule has 4 rings (SSSR count). The number of hydrogen-bond acceptors (Lipinski definition) is 6. The number of benzene rings is 1. The Balaban J connectivity index is 1.46. The highest BCUT2D eigenvalue weighted by Gasteiger charge is 2.24. The normalized spacial score (nSPS) is 15.0. The van der Waals surface area contributed by atoms with Gasteiger partial charge in [0.1, 0.15) is 17.3 Å². The number of nitrogens with one attached hydrogen (secondary N) is 2. The van der Waals surface area contributed by atoms with E-state index in [9.17, 15) is 18.8 Å². The molecule has 10 heteroatoms. The van der Waals surface area contributed by atoms with E-state index in [-0.39, 0.29) is 30.0 Å².